The maximum Gasteiger partial charge on any atom is 0.433 e. The molecule has 4 nitrogen and oxygen atoms in total. The monoisotopic (exact) mass is 376 g/mol. The molecule has 0 amide bonds. The number of rotatable bonds is 2. The van der Waals surface area contributed by atoms with Gasteiger partial charge in [-0.1, -0.05) is 6.07 Å². The van der Waals surface area contributed by atoms with Gasteiger partial charge in [0.1, 0.15) is 17.3 Å². The molecule has 0 aliphatic carbocycles. The van der Waals surface area contributed by atoms with E-state index in [1.807, 2.05) is 0 Å². The lowest BCUT2D eigenvalue weighted by Crippen LogP contribution is -2.09. The van der Waals surface area contributed by atoms with E-state index in [9.17, 15) is 17.6 Å². The predicted octanol–water partition coefficient (Wildman–Crippen LogP) is 4.76. The summed E-state index contributed by atoms with van der Waals surface area (Å²) in [5, 5.41) is 0. The Labute approximate surface area is 149 Å². The van der Waals surface area contributed by atoms with Gasteiger partial charge in [-0.25, -0.2) is 18.7 Å². The van der Waals surface area contributed by atoms with Crippen molar-refractivity contribution in [1.82, 2.24) is 19.4 Å². The fourth-order valence-electron chi connectivity index (χ4n) is 2.72. The van der Waals surface area contributed by atoms with Crippen molar-refractivity contribution in [2.45, 2.75) is 6.18 Å². The number of pyridine rings is 1. The Hall–Kier alpha value is -3.36. The van der Waals surface area contributed by atoms with Gasteiger partial charge in [-0.3, -0.25) is 9.38 Å². The molecule has 0 aliphatic heterocycles. The lowest BCUT2D eigenvalue weighted by atomic mass is 10.0. The molecule has 3 heterocycles. The highest BCUT2D eigenvalue weighted by Gasteiger charge is 2.33. The highest BCUT2D eigenvalue weighted by Crippen LogP contribution is 2.33. The van der Waals surface area contributed by atoms with Crippen molar-refractivity contribution in [3.05, 3.63) is 72.3 Å². The zero-order chi connectivity index (χ0) is 19.2. The standard InChI is InChI=1S/C18H9F5N4/c19-11-5-4-10(16(20)15(11)12-3-1-2-7-24-12)13-9-25-17-26-14(18(21,22)23)6-8-27(13)17/h1-9H. The Morgan fingerprint density at radius 3 is 2.44 bits per heavy atom. The third-order valence-corrected chi connectivity index (χ3v) is 3.96. The number of aromatic nitrogens is 4. The maximum atomic E-state index is 15.1. The SMILES string of the molecule is Fc1ccc(-c2cnc3nc(C(F)(F)F)ccn23)c(F)c1-c1ccccn1. The molecule has 0 saturated carbocycles. The van der Waals surface area contributed by atoms with E-state index in [2.05, 4.69) is 15.0 Å². The summed E-state index contributed by atoms with van der Waals surface area (Å²) >= 11 is 0. The summed E-state index contributed by atoms with van der Waals surface area (Å²) in [5.74, 6) is -1.94. The molecule has 1 aromatic carbocycles. The van der Waals surface area contributed by atoms with Gasteiger partial charge in [0.25, 0.3) is 0 Å². The smallest absolute Gasteiger partial charge is 0.284 e. The molecule has 4 rings (SSSR count). The van der Waals surface area contributed by atoms with Gasteiger partial charge in [0.15, 0.2) is 0 Å². The summed E-state index contributed by atoms with van der Waals surface area (Å²) in [4.78, 5) is 11.2. The van der Waals surface area contributed by atoms with Crippen molar-refractivity contribution in [2.24, 2.45) is 0 Å². The van der Waals surface area contributed by atoms with Crippen LogP contribution in [0.1, 0.15) is 5.69 Å². The van der Waals surface area contributed by atoms with Gasteiger partial charge in [-0.05, 0) is 30.3 Å². The molecule has 0 radical (unpaired) electrons. The molecule has 4 aromatic rings. The van der Waals surface area contributed by atoms with Gasteiger partial charge in [0.05, 0.1) is 23.1 Å². The molecule has 0 atom stereocenters. The zero-order valence-electron chi connectivity index (χ0n) is 13.4. The fraction of sp³-hybridized carbons (Fsp3) is 0.0556. The minimum Gasteiger partial charge on any atom is -0.284 e. The second kappa shape index (κ2) is 6.11. The van der Waals surface area contributed by atoms with Crippen molar-refractivity contribution >= 4 is 5.78 Å². The summed E-state index contributed by atoms with van der Waals surface area (Å²) in [7, 11) is 0. The number of halogens is 5. The second-order valence-corrected chi connectivity index (χ2v) is 5.62. The third kappa shape index (κ3) is 2.90. The van der Waals surface area contributed by atoms with Crippen LogP contribution in [0.4, 0.5) is 22.0 Å². The predicted molar refractivity (Wildman–Crippen MR) is 86.6 cm³/mol. The first-order valence-electron chi connectivity index (χ1n) is 7.67. The Bertz CT molecular complexity index is 1140. The number of hydrogen-bond donors (Lipinski definition) is 0. The number of benzene rings is 1. The molecule has 136 valence electrons. The van der Waals surface area contributed by atoms with Gasteiger partial charge in [0, 0.05) is 18.0 Å². The average Bonchev–Trinajstić information content (AvgIpc) is 3.05. The number of nitrogens with zero attached hydrogens (tertiary/aromatic N) is 4. The summed E-state index contributed by atoms with van der Waals surface area (Å²) in [5.41, 5.74) is -1.24. The lowest BCUT2D eigenvalue weighted by Gasteiger charge is -2.10. The summed E-state index contributed by atoms with van der Waals surface area (Å²) in [6.45, 7) is 0. The molecule has 0 fully saturated rings. The second-order valence-electron chi connectivity index (χ2n) is 5.62. The van der Waals surface area contributed by atoms with E-state index in [0.29, 0.717) is 0 Å². The third-order valence-electron chi connectivity index (χ3n) is 3.96. The van der Waals surface area contributed by atoms with E-state index >= 15 is 4.39 Å². The van der Waals surface area contributed by atoms with E-state index < -0.39 is 23.5 Å². The van der Waals surface area contributed by atoms with Crippen LogP contribution in [0.15, 0.2) is 55.0 Å². The van der Waals surface area contributed by atoms with Crippen LogP contribution in [0.3, 0.4) is 0 Å². The highest BCUT2D eigenvalue weighted by molar-refractivity contribution is 5.72. The Kier molecular flexibility index (Phi) is 3.87. The first kappa shape index (κ1) is 17.1. The van der Waals surface area contributed by atoms with Crippen molar-refractivity contribution in [1.29, 1.82) is 0 Å². The number of fused-ring (bicyclic) bond motifs is 1. The molecular formula is C18H9F5N4. The van der Waals surface area contributed by atoms with Gasteiger partial charge in [-0.2, -0.15) is 13.2 Å². The first-order chi connectivity index (χ1) is 12.9. The van der Waals surface area contributed by atoms with E-state index in [1.54, 1.807) is 12.1 Å². The number of alkyl halides is 3. The van der Waals surface area contributed by atoms with Crippen LogP contribution in [0.25, 0.3) is 28.3 Å². The van der Waals surface area contributed by atoms with Crippen LogP contribution in [-0.4, -0.2) is 19.4 Å². The van der Waals surface area contributed by atoms with E-state index in [4.69, 9.17) is 0 Å². The van der Waals surface area contributed by atoms with Crippen LogP contribution >= 0.6 is 0 Å². The van der Waals surface area contributed by atoms with Crippen molar-refractivity contribution in [3.8, 4) is 22.5 Å². The van der Waals surface area contributed by atoms with E-state index in [1.165, 1.54) is 28.9 Å². The molecule has 0 aliphatic rings. The minimum absolute atomic E-state index is 0.0360. The van der Waals surface area contributed by atoms with E-state index in [-0.39, 0.29) is 28.3 Å². The summed E-state index contributed by atoms with van der Waals surface area (Å²) in [6.07, 6.45) is -0.948. The van der Waals surface area contributed by atoms with Gasteiger partial charge < -0.3 is 0 Å². The van der Waals surface area contributed by atoms with Gasteiger partial charge in [-0.15, -0.1) is 0 Å². The molecule has 3 aromatic heterocycles. The first-order valence-corrected chi connectivity index (χ1v) is 7.67. The largest absolute Gasteiger partial charge is 0.433 e. The summed E-state index contributed by atoms with van der Waals surface area (Å²) in [6, 6.07) is 7.68. The van der Waals surface area contributed by atoms with Crippen LogP contribution in [0.5, 0.6) is 0 Å². The number of imidazole rings is 1. The molecule has 0 N–H and O–H groups in total. The fourth-order valence-corrected chi connectivity index (χ4v) is 2.72. The normalized spacial score (nSPS) is 11.9. The molecule has 0 unspecified atom stereocenters. The maximum absolute atomic E-state index is 15.1. The van der Waals surface area contributed by atoms with Gasteiger partial charge >= 0.3 is 6.18 Å². The Balaban J connectivity index is 1.90. The zero-order valence-corrected chi connectivity index (χ0v) is 13.4. The van der Waals surface area contributed by atoms with Gasteiger partial charge in [0.2, 0.25) is 5.78 Å². The van der Waals surface area contributed by atoms with Crippen LogP contribution in [-0.2, 0) is 6.18 Å². The highest BCUT2D eigenvalue weighted by atomic mass is 19.4. The topological polar surface area (TPSA) is 43.1 Å². The number of hydrogen-bond acceptors (Lipinski definition) is 3. The molecular weight excluding hydrogens is 367 g/mol. The summed E-state index contributed by atoms with van der Waals surface area (Å²) < 4.78 is 68.8. The van der Waals surface area contributed by atoms with Crippen LogP contribution in [0.2, 0.25) is 0 Å². The molecule has 0 saturated heterocycles. The molecule has 27 heavy (non-hydrogen) atoms. The molecule has 0 spiro atoms. The lowest BCUT2D eigenvalue weighted by molar-refractivity contribution is -0.141. The van der Waals surface area contributed by atoms with E-state index in [0.717, 1.165) is 18.3 Å². The van der Waals surface area contributed by atoms with Crippen molar-refractivity contribution < 1.29 is 22.0 Å². The quantitative estimate of drug-likeness (QED) is 0.474. The average molecular weight is 376 g/mol. The van der Waals surface area contributed by atoms with Crippen LogP contribution in [0, 0.1) is 11.6 Å². The van der Waals surface area contributed by atoms with Crippen molar-refractivity contribution in [3.63, 3.8) is 0 Å². The van der Waals surface area contributed by atoms with Crippen LogP contribution < -0.4 is 0 Å². The Morgan fingerprint density at radius 2 is 1.74 bits per heavy atom. The Morgan fingerprint density at radius 1 is 0.926 bits per heavy atom. The molecule has 9 heteroatoms. The van der Waals surface area contributed by atoms with Crippen molar-refractivity contribution in [2.75, 3.05) is 0 Å². The molecule has 0 bridgehead atoms. The minimum atomic E-state index is -4.62.